The van der Waals surface area contributed by atoms with Crippen LogP contribution in [0.1, 0.15) is 5.56 Å². The number of amides is 1. The molecule has 9 heteroatoms. The monoisotopic (exact) mass is 365 g/mol. The average molecular weight is 365 g/mol. The Morgan fingerprint density at radius 3 is 2.23 bits per heavy atom. The number of hydrogen-bond donors (Lipinski definition) is 1. The Bertz CT molecular complexity index is 728. The number of rotatable bonds is 4. The van der Waals surface area contributed by atoms with Gasteiger partial charge in [-0.1, -0.05) is 0 Å². The van der Waals surface area contributed by atoms with Crippen LogP contribution in [0, 0.1) is 0 Å². The number of carbonyl (C=O) groups excluding carboxylic acids is 1. The summed E-state index contributed by atoms with van der Waals surface area (Å²) in [6, 6.07) is 6.17. The van der Waals surface area contributed by atoms with Crippen molar-refractivity contribution in [3.8, 4) is 0 Å². The van der Waals surface area contributed by atoms with E-state index >= 15 is 0 Å². The highest BCUT2D eigenvalue weighted by Gasteiger charge is 2.30. The second-order valence-corrected chi connectivity index (χ2v) is 5.94. The van der Waals surface area contributed by atoms with Gasteiger partial charge in [0, 0.05) is 44.3 Å². The van der Waals surface area contributed by atoms with Crippen molar-refractivity contribution >= 4 is 17.5 Å². The van der Waals surface area contributed by atoms with Crippen molar-refractivity contribution in [3.05, 3.63) is 48.3 Å². The Kier molecular flexibility index (Phi) is 5.36. The minimum atomic E-state index is -4.38. The molecule has 0 bridgehead atoms. The summed E-state index contributed by atoms with van der Waals surface area (Å²) < 4.78 is 37.6. The molecule has 1 aromatic heterocycles. The summed E-state index contributed by atoms with van der Waals surface area (Å²) in [5.74, 6) is 0.413. The predicted molar refractivity (Wildman–Crippen MR) is 90.8 cm³/mol. The second kappa shape index (κ2) is 7.69. The van der Waals surface area contributed by atoms with Gasteiger partial charge in [0.15, 0.2) is 0 Å². The van der Waals surface area contributed by atoms with E-state index in [1.807, 2.05) is 9.80 Å². The Labute approximate surface area is 148 Å². The number of anilines is 2. The lowest BCUT2D eigenvalue weighted by molar-refractivity contribution is -0.137. The molecule has 1 amide bonds. The average Bonchev–Trinajstić information content (AvgIpc) is 2.63. The molecule has 6 nitrogen and oxygen atoms in total. The van der Waals surface area contributed by atoms with Crippen molar-refractivity contribution in [2.75, 3.05) is 42.9 Å². The van der Waals surface area contributed by atoms with Crippen molar-refractivity contribution in [1.29, 1.82) is 0 Å². The zero-order chi connectivity index (χ0) is 18.6. The Balaban J connectivity index is 1.47. The number of piperazine rings is 1. The lowest BCUT2D eigenvalue weighted by Crippen LogP contribution is -2.49. The first-order valence-electron chi connectivity index (χ1n) is 8.13. The van der Waals surface area contributed by atoms with E-state index in [9.17, 15) is 18.0 Å². The molecule has 0 saturated carbocycles. The first kappa shape index (κ1) is 18.1. The first-order valence-corrected chi connectivity index (χ1v) is 8.13. The van der Waals surface area contributed by atoms with Gasteiger partial charge in [-0.25, -0.2) is 9.97 Å². The number of nitrogens with zero attached hydrogens (tertiary/aromatic N) is 4. The number of halogens is 3. The molecule has 26 heavy (non-hydrogen) atoms. The van der Waals surface area contributed by atoms with Gasteiger partial charge in [-0.05, 0) is 30.3 Å². The van der Waals surface area contributed by atoms with Gasteiger partial charge >= 0.3 is 6.18 Å². The van der Waals surface area contributed by atoms with E-state index < -0.39 is 11.7 Å². The molecule has 0 radical (unpaired) electrons. The van der Waals surface area contributed by atoms with Gasteiger partial charge in [-0.2, -0.15) is 13.2 Å². The molecule has 0 aliphatic carbocycles. The second-order valence-electron chi connectivity index (χ2n) is 5.94. The standard InChI is InChI=1S/C17H18F3N5O/c18-17(19,20)13-2-4-14(5-3-13)23-15(26)12-24-8-10-25(11-9-24)16-21-6-1-7-22-16/h1-7H,8-12H2,(H,23,26). The maximum Gasteiger partial charge on any atom is 0.416 e. The van der Waals surface area contributed by atoms with E-state index in [1.54, 1.807) is 18.5 Å². The highest BCUT2D eigenvalue weighted by molar-refractivity contribution is 5.92. The fourth-order valence-electron chi connectivity index (χ4n) is 2.71. The number of alkyl halides is 3. The fraction of sp³-hybridized carbons (Fsp3) is 0.353. The third-order valence-corrected chi connectivity index (χ3v) is 4.07. The van der Waals surface area contributed by atoms with Crippen LogP contribution in [0.5, 0.6) is 0 Å². The summed E-state index contributed by atoms with van der Waals surface area (Å²) in [6.07, 6.45) is -1.01. The van der Waals surface area contributed by atoms with E-state index in [4.69, 9.17) is 0 Å². The smallest absolute Gasteiger partial charge is 0.338 e. The van der Waals surface area contributed by atoms with Crippen LogP contribution in [0.15, 0.2) is 42.7 Å². The SMILES string of the molecule is O=C(CN1CCN(c2ncccn2)CC1)Nc1ccc(C(F)(F)F)cc1. The van der Waals surface area contributed by atoms with Crippen LogP contribution in [-0.4, -0.2) is 53.5 Å². The molecule has 1 aliphatic rings. The molecule has 2 aromatic rings. The van der Waals surface area contributed by atoms with E-state index in [2.05, 4.69) is 15.3 Å². The number of hydrogen-bond acceptors (Lipinski definition) is 5. The Morgan fingerprint density at radius 2 is 1.65 bits per heavy atom. The number of carbonyl (C=O) groups is 1. The van der Waals surface area contributed by atoms with Crippen LogP contribution >= 0.6 is 0 Å². The third kappa shape index (κ3) is 4.69. The molecular weight excluding hydrogens is 347 g/mol. The normalized spacial score (nSPS) is 15.7. The van der Waals surface area contributed by atoms with Crippen LogP contribution in [-0.2, 0) is 11.0 Å². The third-order valence-electron chi connectivity index (χ3n) is 4.07. The molecule has 1 fully saturated rings. The molecule has 1 saturated heterocycles. The van der Waals surface area contributed by atoms with Gasteiger partial charge in [0.05, 0.1) is 12.1 Å². The molecule has 2 heterocycles. The minimum Gasteiger partial charge on any atom is -0.338 e. The lowest BCUT2D eigenvalue weighted by atomic mass is 10.2. The lowest BCUT2D eigenvalue weighted by Gasteiger charge is -2.34. The molecule has 1 aromatic carbocycles. The van der Waals surface area contributed by atoms with Crippen molar-refractivity contribution in [2.45, 2.75) is 6.18 Å². The van der Waals surface area contributed by atoms with Crippen LogP contribution < -0.4 is 10.2 Å². The number of nitrogens with one attached hydrogen (secondary N) is 1. The molecular formula is C17H18F3N5O. The molecule has 1 aliphatic heterocycles. The summed E-state index contributed by atoms with van der Waals surface area (Å²) in [6.45, 7) is 2.96. The maximum absolute atomic E-state index is 12.5. The van der Waals surface area contributed by atoms with Gasteiger partial charge in [0.25, 0.3) is 0 Å². The molecule has 0 atom stereocenters. The van der Waals surface area contributed by atoms with E-state index in [1.165, 1.54) is 12.1 Å². The molecule has 0 unspecified atom stereocenters. The highest BCUT2D eigenvalue weighted by Crippen LogP contribution is 2.29. The van der Waals surface area contributed by atoms with Crippen LogP contribution in [0.4, 0.5) is 24.8 Å². The zero-order valence-electron chi connectivity index (χ0n) is 13.9. The van der Waals surface area contributed by atoms with Gasteiger partial charge in [-0.3, -0.25) is 9.69 Å². The fourth-order valence-corrected chi connectivity index (χ4v) is 2.71. The molecule has 0 spiro atoms. The summed E-state index contributed by atoms with van der Waals surface area (Å²) in [5.41, 5.74) is -0.394. The van der Waals surface area contributed by atoms with Crippen LogP contribution in [0.3, 0.4) is 0 Å². The molecule has 3 rings (SSSR count). The molecule has 1 N–H and O–H groups in total. The topological polar surface area (TPSA) is 61.4 Å². The van der Waals surface area contributed by atoms with Gasteiger partial charge in [0.2, 0.25) is 11.9 Å². The first-order chi connectivity index (χ1) is 12.4. The Morgan fingerprint density at radius 1 is 1.04 bits per heavy atom. The van der Waals surface area contributed by atoms with E-state index in [-0.39, 0.29) is 12.5 Å². The summed E-state index contributed by atoms with van der Waals surface area (Å²) in [7, 11) is 0. The van der Waals surface area contributed by atoms with Gasteiger partial charge in [-0.15, -0.1) is 0 Å². The molecule has 138 valence electrons. The quantitative estimate of drug-likeness (QED) is 0.901. The number of aromatic nitrogens is 2. The van der Waals surface area contributed by atoms with Crippen molar-refractivity contribution in [3.63, 3.8) is 0 Å². The van der Waals surface area contributed by atoms with E-state index in [0.29, 0.717) is 37.8 Å². The largest absolute Gasteiger partial charge is 0.416 e. The van der Waals surface area contributed by atoms with Gasteiger partial charge in [0.1, 0.15) is 0 Å². The summed E-state index contributed by atoms with van der Waals surface area (Å²) in [4.78, 5) is 24.5. The van der Waals surface area contributed by atoms with Gasteiger partial charge < -0.3 is 10.2 Å². The predicted octanol–water partition coefficient (Wildman–Crippen LogP) is 2.26. The van der Waals surface area contributed by atoms with Crippen molar-refractivity contribution in [2.24, 2.45) is 0 Å². The van der Waals surface area contributed by atoms with Crippen LogP contribution in [0.2, 0.25) is 0 Å². The van der Waals surface area contributed by atoms with E-state index in [0.717, 1.165) is 12.1 Å². The highest BCUT2D eigenvalue weighted by atomic mass is 19.4. The van der Waals surface area contributed by atoms with Crippen molar-refractivity contribution in [1.82, 2.24) is 14.9 Å². The van der Waals surface area contributed by atoms with Crippen LogP contribution in [0.25, 0.3) is 0 Å². The number of benzene rings is 1. The maximum atomic E-state index is 12.5. The zero-order valence-corrected chi connectivity index (χ0v) is 13.9. The Hall–Kier alpha value is -2.68. The minimum absolute atomic E-state index is 0.185. The van der Waals surface area contributed by atoms with Crippen molar-refractivity contribution < 1.29 is 18.0 Å². The summed E-state index contributed by atoms with van der Waals surface area (Å²) >= 11 is 0. The summed E-state index contributed by atoms with van der Waals surface area (Å²) in [5, 5.41) is 2.62.